The molecule has 1 unspecified atom stereocenters. The molecule has 0 saturated heterocycles. The number of nitrogens with zero attached hydrogens (tertiary/aromatic N) is 2. The van der Waals surface area contributed by atoms with Crippen LogP contribution in [0.15, 0.2) is 24.7 Å². The first-order chi connectivity index (χ1) is 8.58. The van der Waals surface area contributed by atoms with E-state index < -0.39 is 0 Å². The van der Waals surface area contributed by atoms with Crippen molar-refractivity contribution in [2.45, 2.75) is 13.0 Å². The van der Waals surface area contributed by atoms with Gasteiger partial charge in [0.2, 0.25) is 0 Å². The molecule has 2 rings (SSSR count). The van der Waals surface area contributed by atoms with Crippen molar-refractivity contribution in [1.82, 2.24) is 9.97 Å². The van der Waals surface area contributed by atoms with Gasteiger partial charge in [0, 0.05) is 11.1 Å². The molecule has 0 aliphatic heterocycles. The molecule has 2 aromatic rings. The molecule has 1 atom stereocenters. The Bertz CT molecular complexity index is 570. The van der Waals surface area contributed by atoms with Crippen LogP contribution < -0.4 is 11.1 Å². The van der Waals surface area contributed by atoms with Crippen LogP contribution in [0.25, 0.3) is 0 Å². The van der Waals surface area contributed by atoms with Gasteiger partial charge in [0.05, 0.1) is 15.9 Å². The number of nitrogens with two attached hydrogens (primary N) is 1. The molecule has 0 spiro atoms. The molecule has 0 aliphatic carbocycles. The van der Waals surface area contributed by atoms with Crippen LogP contribution in [0.2, 0.25) is 4.34 Å². The van der Waals surface area contributed by atoms with E-state index in [9.17, 15) is 0 Å². The fourth-order valence-electron chi connectivity index (χ4n) is 1.46. The highest BCUT2D eigenvalue weighted by Crippen LogP contribution is 2.29. The van der Waals surface area contributed by atoms with Crippen LogP contribution >= 0.6 is 35.2 Å². The maximum absolute atomic E-state index is 5.91. The molecule has 0 saturated carbocycles. The second kappa shape index (κ2) is 5.60. The largest absolute Gasteiger partial charge is 0.389 e. The lowest BCUT2D eigenvalue weighted by Gasteiger charge is -2.14. The smallest absolute Gasteiger partial charge is 0.140 e. The summed E-state index contributed by atoms with van der Waals surface area (Å²) < 4.78 is 0.760. The van der Waals surface area contributed by atoms with E-state index in [2.05, 4.69) is 15.3 Å². The summed E-state index contributed by atoms with van der Waals surface area (Å²) >= 11 is 12.4. The van der Waals surface area contributed by atoms with Gasteiger partial charge in [0.25, 0.3) is 0 Å². The number of anilines is 1. The first-order valence-electron chi connectivity index (χ1n) is 5.19. The van der Waals surface area contributed by atoms with Crippen LogP contribution in [0, 0.1) is 0 Å². The lowest BCUT2D eigenvalue weighted by Crippen LogP contribution is -2.16. The molecule has 4 nitrogen and oxygen atoms in total. The van der Waals surface area contributed by atoms with Gasteiger partial charge in [0.1, 0.15) is 17.1 Å². The van der Waals surface area contributed by atoms with E-state index in [0.717, 1.165) is 9.21 Å². The molecule has 2 heterocycles. The van der Waals surface area contributed by atoms with Gasteiger partial charge in [-0.2, -0.15) is 0 Å². The zero-order valence-electron chi connectivity index (χ0n) is 9.55. The van der Waals surface area contributed by atoms with Gasteiger partial charge in [-0.15, -0.1) is 11.3 Å². The number of hydrogen-bond donors (Lipinski definition) is 2. The standard InChI is InChI=1S/C11H11ClN4S2/c1-6(8-2-3-9(12)18-8)16-11-7(10(13)17)4-14-5-15-11/h2-6H,1H3,(H2,13,17)(H,14,15,16). The molecule has 0 aliphatic rings. The summed E-state index contributed by atoms with van der Waals surface area (Å²) in [5.41, 5.74) is 6.27. The second-order valence-corrected chi connectivity index (χ2v) is 5.84. The Morgan fingerprint density at radius 3 is 2.94 bits per heavy atom. The van der Waals surface area contributed by atoms with Crippen molar-refractivity contribution in [1.29, 1.82) is 0 Å². The van der Waals surface area contributed by atoms with Crippen LogP contribution in [0.3, 0.4) is 0 Å². The molecule has 7 heteroatoms. The number of thiophene rings is 1. The van der Waals surface area contributed by atoms with Crippen molar-refractivity contribution < 1.29 is 0 Å². The lowest BCUT2D eigenvalue weighted by molar-refractivity contribution is 0.892. The van der Waals surface area contributed by atoms with E-state index in [1.54, 1.807) is 6.20 Å². The van der Waals surface area contributed by atoms with Gasteiger partial charge in [-0.05, 0) is 19.1 Å². The molecule has 0 fully saturated rings. The monoisotopic (exact) mass is 298 g/mol. The van der Waals surface area contributed by atoms with E-state index in [1.807, 2.05) is 19.1 Å². The molecule has 0 amide bonds. The van der Waals surface area contributed by atoms with Gasteiger partial charge in [-0.1, -0.05) is 23.8 Å². The first kappa shape index (κ1) is 13.2. The highest BCUT2D eigenvalue weighted by Gasteiger charge is 2.12. The Labute approximate surface area is 119 Å². The number of nitrogens with one attached hydrogen (secondary N) is 1. The van der Waals surface area contributed by atoms with Gasteiger partial charge in [-0.25, -0.2) is 9.97 Å². The van der Waals surface area contributed by atoms with Crippen LogP contribution in [0.1, 0.15) is 23.4 Å². The van der Waals surface area contributed by atoms with E-state index >= 15 is 0 Å². The maximum Gasteiger partial charge on any atom is 0.140 e. The van der Waals surface area contributed by atoms with Gasteiger partial charge in [-0.3, -0.25) is 0 Å². The molecule has 0 radical (unpaired) electrons. The SMILES string of the molecule is CC(Nc1ncncc1C(N)=S)c1ccc(Cl)s1. The molecule has 0 aromatic carbocycles. The summed E-state index contributed by atoms with van der Waals surface area (Å²) in [5, 5.41) is 3.25. The van der Waals surface area contributed by atoms with Gasteiger partial charge in [0.15, 0.2) is 0 Å². The molecule has 0 bridgehead atoms. The third-order valence-electron chi connectivity index (χ3n) is 2.35. The number of thiocarbonyl (C=S) groups is 1. The first-order valence-corrected chi connectivity index (χ1v) is 6.80. The zero-order chi connectivity index (χ0) is 13.1. The summed E-state index contributed by atoms with van der Waals surface area (Å²) in [6.07, 6.45) is 3.06. The van der Waals surface area contributed by atoms with Crippen molar-refractivity contribution in [2.75, 3.05) is 5.32 Å². The minimum absolute atomic E-state index is 0.0745. The topological polar surface area (TPSA) is 63.8 Å². The van der Waals surface area contributed by atoms with E-state index in [1.165, 1.54) is 17.7 Å². The highest BCUT2D eigenvalue weighted by atomic mass is 35.5. The number of aromatic nitrogens is 2. The predicted molar refractivity (Wildman–Crippen MR) is 79.3 cm³/mol. The van der Waals surface area contributed by atoms with Crippen molar-refractivity contribution >= 4 is 46.0 Å². The average Bonchev–Trinajstić information content (AvgIpc) is 2.76. The van der Waals surface area contributed by atoms with E-state index in [0.29, 0.717) is 11.4 Å². The summed E-state index contributed by atoms with van der Waals surface area (Å²) in [5.74, 6) is 0.634. The Kier molecular flexibility index (Phi) is 4.11. The minimum atomic E-state index is 0.0745. The molecule has 3 N–H and O–H groups in total. The molecule has 2 aromatic heterocycles. The summed E-state index contributed by atoms with van der Waals surface area (Å²) in [6, 6.07) is 3.92. The summed E-state index contributed by atoms with van der Waals surface area (Å²) in [6.45, 7) is 2.02. The van der Waals surface area contributed by atoms with E-state index in [-0.39, 0.29) is 11.0 Å². The average molecular weight is 299 g/mol. The molecular formula is C11H11ClN4S2. The van der Waals surface area contributed by atoms with Crippen molar-refractivity contribution in [3.05, 3.63) is 39.4 Å². The van der Waals surface area contributed by atoms with E-state index in [4.69, 9.17) is 29.6 Å². The van der Waals surface area contributed by atoms with Crippen LogP contribution in [0.4, 0.5) is 5.82 Å². The zero-order valence-corrected chi connectivity index (χ0v) is 11.9. The third-order valence-corrected chi connectivity index (χ3v) is 3.99. The fraction of sp³-hybridized carbons (Fsp3) is 0.182. The number of rotatable bonds is 4. The number of halogens is 1. The van der Waals surface area contributed by atoms with Crippen molar-refractivity contribution in [2.24, 2.45) is 5.73 Å². The number of hydrogen-bond acceptors (Lipinski definition) is 5. The quantitative estimate of drug-likeness (QED) is 0.850. The van der Waals surface area contributed by atoms with Crippen molar-refractivity contribution in [3.8, 4) is 0 Å². The fourth-order valence-corrected chi connectivity index (χ4v) is 2.67. The Balaban J connectivity index is 2.21. The Morgan fingerprint density at radius 2 is 2.33 bits per heavy atom. The minimum Gasteiger partial charge on any atom is -0.389 e. The van der Waals surface area contributed by atoms with Gasteiger partial charge < -0.3 is 11.1 Å². The normalized spacial score (nSPS) is 12.1. The van der Waals surface area contributed by atoms with Crippen LogP contribution in [0.5, 0.6) is 0 Å². The highest BCUT2D eigenvalue weighted by molar-refractivity contribution is 7.80. The lowest BCUT2D eigenvalue weighted by atomic mass is 10.2. The van der Waals surface area contributed by atoms with Crippen molar-refractivity contribution in [3.63, 3.8) is 0 Å². The van der Waals surface area contributed by atoms with Gasteiger partial charge >= 0.3 is 0 Å². The predicted octanol–water partition coefficient (Wildman–Crippen LogP) is 3.00. The second-order valence-electron chi connectivity index (χ2n) is 3.66. The Hall–Kier alpha value is -1.24. The molecular weight excluding hydrogens is 288 g/mol. The molecule has 94 valence electrons. The third kappa shape index (κ3) is 2.95. The van der Waals surface area contributed by atoms with Crippen LogP contribution in [-0.4, -0.2) is 15.0 Å². The Morgan fingerprint density at radius 1 is 1.56 bits per heavy atom. The summed E-state index contributed by atoms with van der Waals surface area (Å²) in [7, 11) is 0. The summed E-state index contributed by atoms with van der Waals surface area (Å²) in [4.78, 5) is 9.46. The molecule has 18 heavy (non-hydrogen) atoms. The maximum atomic E-state index is 5.91. The van der Waals surface area contributed by atoms with Crippen LogP contribution in [-0.2, 0) is 0 Å².